The Labute approximate surface area is 97.0 Å². The third-order valence-corrected chi connectivity index (χ3v) is 2.13. The van der Waals surface area contributed by atoms with E-state index in [2.05, 4.69) is 24.1 Å². The maximum atomic E-state index is 9.60. The van der Waals surface area contributed by atoms with Gasteiger partial charge in [0.2, 0.25) is 0 Å². The monoisotopic (exact) mass is 226 g/mol. The third kappa shape index (κ3) is 5.90. The number of aromatic nitrogens is 1. The van der Waals surface area contributed by atoms with Crippen LogP contribution >= 0.6 is 0 Å². The van der Waals surface area contributed by atoms with Gasteiger partial charge in [-0.25, -0.2) is 0 Å². The molecule has 0 radical (unpaired) electrons. The molecule has 1 heterocycles. The first-order valence-electron chi connectivity index (χ1n) is 5.76. The lowest BCUT2D eigenvalue weighted by Crippen LogP contribution is -2.30. The lowest BCUT2D eigenvalue weighted by Gasteiger charge is -2.13. The van der Waals surface area contributed by atoms with Crippen LogP contribution in [0.3, 0.4) is 0 Å². The van der Waals surface area contributed by atoms with E-state index in [0.29, 0.717) is 25.7 Å². The number of nitrogens with one attached hydrogen (secondary N) is 2. The Morgan fingerprint density at radius 3 is 2.88 bits per heavy atom. The van der Waals surface area contributed by atoms with Gasteiger partial charge in [-0.3, -0.25) is 0 Å². The predicted octanol–water partition coefficient (Wildman–Crippen LogP) is 1.14. The highest BCUT2D eigenvalue weighted by Gasteiger charge is 2.04. The second kappa shape index (κ2) is 7.44. The Kier molecular flexibility index (Phi) is 6.15. The molecule has 0 bridgehead atoms. The van der Waals surface area contributed by atoms with Crippen LogP contribution in [0.5, 0.6) is 0 Å². The van der Waals surface area contributed by atoms with Crippen molar-refractivity contribution in [1.29, 1.82) is 0 Å². The average Bonchev–Trinajstić information content (AvgIpc) is 2.70. The molecule has 0 saturated carbocycles. The molecular weight excluding hydrogens is 204 g/mol. The zero-order valence-electron chi connectivity index (χ0n) is 10.1. The highest BCUT2D eigenvalue weighted by molar-refractivity contribution is 5.07. The quantitative estimate of drug-likeness (QED) is 0.623. The molecular formula is C12H22N2O2. The van der Waals surface area contributed by atoms with Crippen molar-refractivity contribution >= 4 is 0 Å². The molecule has 0 spiro atoms. The molecule has 92 valence electrons. The van der Waals surface area contributed by atoms with Crippen LogP contribution in [0.15, 0.2) is 18.5 Å². The standard InChI is InChI=1S/C12H22N2O2/c1-10(2)8-16-9-12(15)7-14-6-11-3-4-13-5-11/h3-5,10,12-15H,6-9H2,1-2H3. The van der Waals surface area contributed by atoms with E-state index in [1.807, 2.05) is 18.5 Å². The summed E-state index contributed by atoms with van der Waals surface area (Å²) in [5, 5.41) is 12.8. The number of hydrogen-bond donors (Lipinski definition) is 3. The van der Waals surface area contributed by atoms with Gasteiger partial charge in [-0.05, 0) is 17.5 Å². The fourth-order valence-corrected chi connectivity index (χ4v) is 1.35. The van der Waals surface area contributed by atoms with Crippen molar-refractivity contribution in [2.75, 3.05) is 19.8 Å². The summed E-state index contributed by atoms with van der Waals surface area (Å²) in [5.41, 5.74) is 1.19. The van der Waals surface area contributed by atoms with Crippen LogP contribution in [0.2, 0.25) is 0 Å². The Morgan fingerprint density at radius 2 is 2.25 bits per heavy atom. The summed E-state index contributed by atoms with van der Waals surface area (Å²) in [7, 11) is 0. The summed E-state index contributed by atoms with van der Waals surface area (Å²) in [6.07, 6.45) is 3.39. The van der Waals surface area contributed by atoms with Gasteiger partial charge in [-0.15, -0.1) is 0 Å². The van der Waals surface area contributed by atoms with Crippen LogP contribution in [0, 0.1) is 5.92 Å². The lowest BCUT2D eigenvalue weighted by molar-refractivity contribution is 0.0260. The van der Waals surface area contributed by atoms with Crippen LogP contribution in [-0.4, -0.2) is 36.0 Å². The van der Waals surface area contributed by atoms with Crippen molar-refractivity contribution in [2.45, 2.75) is 26.5 Å². The predicted molar refractivity (Wildman–Crippen MR) is 64.2 cm³/mol. The second-order valence-corrected chi connectivity index (χ2v) is 4.44. The van der Waals surface area contributed by atoms with Crippen molar-refractivity contribution in [3.05, 3.63) is 24.0 Å². The van der Waals surface area contributed by atoms with Gasteiger partial charge < -0.3 is 20.1 Å². The Balaban J connectivity index is 2.00. The first-order valence-corrected chi connectivity index (χ1v) is 5.76. The molecule has 0 aromatic carbocycles. The van der Waals surface area contributed by atoms with E-state index in [1.54, 1.807) is 0 Å². The van der Waals surface area contributed by atoms with Crippen LogP contribution in [0.25, 0.3) is 0 Å². The van der Waals surface area contributed by atoms with Gasteiger partial charge >= 0.3 is 0 Å². The maximum absolute atomic E-state index is 9.60. The average molecular weight is 226 g/mol. The summed E-state index contributed by atoms with van der Waals surface area (Å²) in [4.78, 5) is 2.99. The molecule has 1 aromatic rings. The molecule has 4 heteroatoms. The minimum atomic E-state index is -0.433. The van der Waals surface area contributed by atoms with E-state index in [0.717, 1.165) is 6.54 Å². The molecule has 1 atom stereocenters. The molecule has 16 heavy (non-hydrogen) atoms. The summed E-state index contributed by atoms with van der Waals surface area (Å²) < 4.78 is 5.35. The van der Waals surface area contributed by atoms with Gasteiger partial charge in [0.1, 0.15) is 0 Å². The largest absolute Gasteiger partial charge is 0.389 e. The topological polar surface area (TPSA) is 57.3 Å². The molecule has 3 N–H and O–H groups in total. The number of aromatic amines is 1. The number of hydrogen-bond acceptors (Lipinski definition) is 3. The van der Waals surface area contributed by atoms with Gasteiger partial charge in [0.15, 0.2) is 0 Å². The lowest BCUT2D eigenvalue weighted by atomic mass is 10.2. The van der Waals surface area contributed by atoms with E-state index < -0.39 is 6.10 Å². The van der Waals surface area contributed by atoms with Crippen LogP contribution in [-0.2, 0) is 11.3 Å². The highest BCUT2D eigenvalue weighted by Crippen LogP contribution is 1.96. The van der Waals surface area contributed by atoms with E-state index in [1.165, 1.54) is 5.56 Å². The molecule has 0 fully saturated rings. The van der Waals surface area contributed by atoms with E-state index in [9.17, 15) is 5.11 Å². The first-order chi connectivity index (χ1) is 7.68. The smallest absolute Gasteiger partial charge is 0.0897 e. The molecule has 1 unspecified atom stereocenters. The van der Waals surface area contributed by atoms with Gasteiger partial charge in [0, 0.05) is 32.1 Å². The van der Waals surface area contributed by atoms with E-state index in [4.69, 9.17) is 4.74 Å². The molecule has 0 aliphatic heterocycles. The van der Waals surface area contributed by atoms with E-state index in [-0.39, 0.29) is 0 Å². The fourth-order valence-electron chi connectivity index (χ4n) is 1.35. The zero-order valence-corrected chi connectivity index (χ0v) is 10.1. The number of H-pyrrole nitrogens is 1. The van der Waals surface area contributed by atoms with Crippen LogP contribution in [0.1, 0.15) is 19.4 Å². The molecule has 4 nitrogen and oxygen atoms in total. The molecule has 0 saturated heterocycles. The van der Waals surface area contributed by atoms with Gasteiger partial charge in [-0.1, -0.05) is 13.8 Å². The number of aliphatic hydroxyl groups is 1. The SMILES string of the molecule is CC(C)COCC(O)CNCc1cc[nH]c1. The molecule has 1 rings (SSSR count). The summed E-state index contributed by atoms with van der Waals surface area (Å²) >= 11 is 0. The van der Waals surface area contributed by atoms with Gasteiger partial charge in [0.25, 0.3) is 0 Å². The molecule has 0 aliphatic carbocycles. The van der Waals surface area contributed by atoms with Crippen molar-refractivity contribution < 1.29 is 9.84 Å². The molecule has 0 amide bonds. The number of ether oxygens (including phenoxy) is 1. The van der Waals surface area contributed by atoms with Gasteiger partial charge in [-0.2, -0.15) is 0 Å². The molecule has 1 aromatic heterocycles. The van der Waals surface area contributed by atoms with Gasteiger partial charge in [0.05, 0.1) is 12.7 Å². The van der Waals surface area contributed by atoms with E-state index >= 15 is 0 Å². The highest BCUT2D eigenvalue weighted by atomic mass is 16.5. The summed E-state index contributed by atoms with van der Waals surface area (Å²) in [6.45, 7) is 6.62. The number of aliphatic hydroxyl groups excluding tert-OH is 1. The van der Waals surface area contributed by atoms with Crippen molar-refractivity contribution in [3.63, 3.8) is 0 Å². The first kappa shape index (κ1) is 13.2. The maximum Gasteiger partial charge on any atom is 0.0897 e. The minimum Gasteiger partial charge on any atom is -0.389 e. The second-order valence-electron chi connectivity index (χ2n) is 4.44. The van der Waals surface area contributed by atoms with Crippen LogP contribution < -0.4 is 5.32 Å². The van der Waals surface area contributed by atoms with Crippen molar-refractivity contribution in [2.24, 2.45) is 5.92 Å². The fraction of sp³-hybridized carbons (Fsp3) is 0.667. The Morgan fingerprint density at radius 1 is 1.44 bits per heavy atom. The third-order valence-electron chi connectivity index (χ3n) is 2.13. The number of rotatable bonds is 8. The van der Waals surface area contributed by atoms with Crippen molar-refractivity contribution in [3.8, 4) is 0 Å². The zero-order chi connectivity index (χ0) is 11.8. The summed E-state index contributed by atoms with van der Waals surface area (Å²) in [5.74, 6) is 0.514. The minimum absolute atomic E-state index is 0.401. The Hall–Kier alpha value is -0.840. The molecule has 0 aliphatic rings. The van der Waals surface area contributed by atoms with Crippen LogP contribution in [0.4, 0.5) is 0 Å². The Bertz CT molecular complexity index is 260. The summed E-state index contributed by atoms with van der Waals surface area (Å²) in [6, 6.07) is 2.01. The van der Waals surface area contributed by atoms with Crippen molar-refractivity contribution in [1.82, 2.24) is 10.3 Å². The normalized spacial score (nSPS) is 13.2.